The molecule has 26 heavy (non-hydrogen) atoms. The highest BCUT2D eigenvalue weighted by Gasteiger charge is 2.23. The zero-order valence-electron chi connectivity index (χ0n) is 17.0. The summed E-state index contributed by atoms with van der Waals surface area (Å²) in [5.74, 6) is 0.762. The Balaban J connectivity index is 0.00000625. The maximum absolute atomic E-state index is 11.4. The van der Waals surface area contributed by atoms with Gasteiger partial charge in [0.15, 0.2) is 5.96 Å². The zero-order chi connectivity index (χ0) is 18.9. The van der Waals surface area contributed by atoms with Crippen molar-refractivity contribution in [3.8, 4) is 0 Å². The van der Waals surface area contributed by atoms with Crippen LogP contribution < -0.4 is 15.4 Å². The minimum absolute atomic E-state index is 0. The van der Waals surface area contributed by atoms with Gasteiger partial charge in [0, 0.05) is 31.2 Å². The van der Waals surface area contributed by atoms with E-state index < -0.39 is 15.6 Å². The van der Waals surface area contributed by atoms with Gasteiger partial charge in [-0.3, -0.25) is 4.99 Å². The maximum atomic E-state index is 11.4. The first-order valence-corrected chi connectivity index (χ1v) is 11.3. The predicted octanol–water partition coefficient (Wildman–Crippen LogP) is 1.75. The Bertz CT molecular complexity index is 517. The van der Waals surface area contributed by atoms with E-state index in [1.54, 1.807) is 0 Å². The molecule has 0 radical (unpaired) electrons. The van der Waals surface area contributed by atoms with E-state index in [2.05, 4.69) is 32.2 Å². The van der Waals surface area contributed by atoms with Crippen molar-refractivity contribution in [3.63, 3.8) is 0 Å². The van der Waals surface area contributed by atoms with Crippen LogP contribution in [0.3, 0.4) is 0 Å². The van der Waals surface area contributed by atoms with Gasteiger partial charge in [0.05, 0.1) is 12.8 Å². The highest BCUT2D eigenvalue weighted by Crippen LogP contribution is 2.11. The van der Waals surface area contributed by atoms with E-state index in [0.717, 1.165) is 38.4 Å². The second kappa shape index (κ2) is 12.4. The van der Waals surface area contributed by atoms with Gasteiger partial charge in [0.2, 0.25) is 10.0 Å². The van der Waals surface area contributed by atoms with Gasteiger partial charge in [0.25, 0.3) is 0 Å². The molecule has 1 aliphatic heterocycles. The topological polar surface area (TPSA) is 85.8 Å². The van der Waals surface area contributed by atoms with Crippen molar-refractivity contribution in [2.75, 3.05) is 39.0 Å². The molecule has 9 heteroatoms. The van der Waals surface area contributed by atoms with E-state index in [9.17, 15) is 8.42 Å². The van der Waals surface area contributed by atoms with Crippen molar-refractivity contribution < 1.29 is 8.42 Å². The molecule has 7 nitrogen and oxygen atoms in total. The van der Waals surface area contributed by atoms with Gasteiger partial charge in [-0.2, -0.15) is 0 Å². The summed E-state index contributed by atoms with van der Waals surface area (Å²) in [5, 5.41) is 6.76. The number of halogens is 1. The number of hydrogen-bond acceptors (Lipinski definition) is 4. The summed E-state index contributed by atoms with van der Waals surface area (Å²) >= 11 is 0. The third-order valence-corrected chi connectivity index (χ3v) is 5.12. The molecule has 1 rings (SSSR count). The Morgan fingerprint density at radius 2 is 1.85 bits per heavy atom. The molecule has 1 heterocycles. The molecule has 0 amide bonds. The molecular weight excluding hydrogens is 465 g/mol. The summed E-state index contributed by atoms with van der Waals surface area (Å²) in [4.78, 5) is 7.12. The smallest absolute Gasteiger partial charge is 0.209 e. The van der Waals surface area contributed by atoms with Crippen molar-refractivity contribution in [1.29, 1.82) is 0 Å². The Kier molecular flexibility index (Phi) is 12.3. The van der Waals surface area contributed by atoms with Crippen LogP contribution in [0.25, 0.3) is 0 Å². The number of likely N-dealkylation sites (tertiary alicyclic amines) is 1. The van der Waals surface area contributed by atoms with Crippen LogP contribution in [0.2, 0.25) is 0 Å². The quantitative estimate of drug-likeness (QED) is 0.254. The minimum atomic E-state index is -3.25. The van der Waals surface area contributed by atoms with Crippen molar-refractivity contribution in [2.45, 2.75) is 65.0 Å². The van der Waals surface area contributed by atoms with Crippen LogP contribution in [-0.2, 0) is 10.0 Å². The fourth-order valence-electron chi connectivity index (χ4n) is 3.01. The number of nitrogens with one attached hydrogen (secondary N) is 3. The lowest BCUT2D eigenvalue weighted by atomic mass is 10.0. The number of rotatable bonds is 9. The van der Waals surface area contributed by atoms with Crippen LogP contribution in [0.5, 0.6) is 0 Å². The summed E-state index contributed by atoms with van der Waals surface area (Å²) in [7, 11) is -3.25. The normalized spacial score (nSPS) is 17.7. The summed E-state index contributed by atoms with van der Waals surface area (Å²) in [6.07, 6.45) is 5.91. The molecule has 1 fully saturated rings. The first-order valence-electron chi connectivity index (χ1n) is 9.41. The standard InChI is InChI=1S/C17H37N5O2S.HI/c1-6-8-11-22-12-9-15(10-13-22)20-16(18-7-2)19-14-17(3,4)21-25(5,23)24;/h15,21H,6-14H2,1-5H3,(H2,18,19,20);1H. The summed E-state index contributed by atoms with van der Waals surface area (Å²) in [6.45, 7) is 12.5. The molecule has 1 aliphatic rings. The first-order chi connectivity index (χ1) is 11.6. The molecule has 3 N–H and O–H groups in total. The van der Waals surface area contributed by atoms with Gasteiger partial charge in [-0.1, -0.05) is 13.3 Å². The van der Waals surface area contributed by atoms with Crippen LogP contribution >= 0.6 is 24.0 Å². The first kappa shape index (κ1) is 25.9. The number of nitrogens with zero attached hydrogens (tertiary/aromatic N) is 2. The molecule has 0 aromatic carbocycles. The largest absolute Gasteiger partial charge is 0.357 e. The zero-order valence-corrected chi connectivity index (χ0v) is 20.1. The molecular formula is C17H38IN5O2S. The Morgan fingerprint density at radius 1 is 1.23 bits per heavy atom. The molecule has 0 aliphatic carbocycles. The van der Waals surface area contributed by atoms with E-state index in [4.69, 9.17) is 0 Å². The average molecular weight is 503 g/mol. The number of piperidine rings is 1. The van der Waals surface area contributed by atoms with E-state index >= 15 is 0 Å². The molecule has 0 unspecified atom stereocenters. The molecule has 0 atom stereocenters. The molecule has 0 spiro atoms. The van der Waals surface area contributed by atoms with Crippen LogP contribution in [-0.4, -0.2) is 69.8 Å². The van der Waals surface area contributed by atoms with Gasteiger partial charge in [0.1, 0.15) is 0 Å². The number of unbranched alkanes of at least 4 members (excludes halogenated alkanes) is 1. The van der Waals surface area contributed by atoms with E-state index in [1.807, 2.05) is 20.8 Å². The van der Waals surface area contributed by atoms with Gasteiger partial charge >= 0.3 is 0 Å². The van der Waals surface area contributed by atoms with Gasteiger partial charge in [-0.25, -0.2) is 13.1 Å². The second-order valence-electron chi connectivity index (χ2n) is 7.57. The number of aliphatic imine (C=N–C) groups is 1. The number of hydrogen-bond donors (Lipinski definition) is 3. The summed E-state index contributed by atoms with van der Waals surface area (Å²) in [5.41, 5.74) is -0.612. The summed E-state index contributed by atoms with van der Waals surface area (Å²) in [6, 6.07) is 0.418. The summed E-state index contributed by atoms with van der Waals surface area (Å²) < 4.78 is 25.5. The SMILES string of the molecule is CCCCN1CCC(NC(=NCC(C)(C)NS(C)(=O)=O)NCC)CC1.I. The van der Waals surface area contributed by atoms with Crippen molar-refractivity contribution in [3.05, 3.63) is 0 Å². The lowest BCUT2D eigenvalue weighted by molar-refractivity contribution is 0.203. The highest BCUT2D eigenvalue weighted by molar-refractivity contribution is 14.0. The minimum Gasteiger partial charge on any atom is -0.357 e. The molecule has 0 aromatic rings. The van der Waals surface area contributed by atoms with Crippen LogP contribution in [0.15, 0.2) is 4.99 Å². The molecule has 156 valence electrons. The Morgan fingerprint density at radius 3 is 2.35 bits per heavy atom. The molecule has 0 bridgehead atoms. The van der Waals surface area contributed by atoms with E-state index in [0.29, 0.717) is 12.6 Å². The molecule has 0 aromatic heterocycles. The van der Waals surface area contributed by atoms with E-state index in [-0.39, 0.29) is 24.0 Å². The van der Waals surface area contributed by atoms with Gasteiger partial charge < -0.3 is 15.5 Å². The monoisotopic (exact) mass is 503 g/mol. The van der Waals surface area contributed by atoms with Crippen molar-refractivity contribution >= 4 is 40.0 Å². The van der Waals surface area contributed by atoms with Gasteiger partial charge in [-0.15, -0.1) is 24.0 Å². The predicted molar refractivity (Wildman–Crippen MR) is 121 cm³/mol. The fourth-order valence-corrected chi connectivity index (χ4v) is 4.08. The van der Waals surface area contributed by atoms with Crippen molar-refractivity contribution in [1.82, 2.24) is 20.3 Å². The lowest BCUT2D eigenvalue weighted by Gasteiger charge is -2.33. The van der Waals surface area contributed by atoms with Crippen molar-refractivity contribution in [2.24, 2.45) is 4.99 Å². The maximum Gasteiger partial charge on any atom is 0.209 e. The number of guanidine groups is 1. The number of sulfonamides is 1. The third-order valence-electron chi connectivity index (χ3n) is 4.19. The highest BCUT2D eigenvalue weighted by atomic mass is 127. The Hall–Kier alpha value is -0.130. The average Bonchev–Trinajstić information content (AvgIpc) is 2.50. The lowest BCUT2D eigenvalue weighted by Crippen LogP contribution is -2.50. The van der Waals surface area contributed by atoms with Crippen LogP contribution in [0, 0.1) is 0 Å². The molecule has 1 saturated heterocycles. The fraction of sp³-hybridized carbons (Fsp3) is 0.941. The third kappa shape index (κ3) is 11.6. The van der Waals surface area contributed by atoms with Crippen LogP contribution in [0.1, 0.15) is 53.4 Å². The van der Waals surface area contributed by atoms with E-state index in [1.165, 1.54) is 25.6 Å². The Labute approximate surface area is 177 Å². The van der Waals surface area contributed by atoms with Crippen LogP contribution in [0.4, 0.5) is 0 Å². The van der Waals surface area contributed by atoms with Gasteiger partial charge in [-0.05, 0) is 46.6 Å². The molecule has 0 saturated carbocycles. The second-order valence-corrected chi connectivity index (χ2v) is 9.32.